The molecule has 0 unspecified atom stereocenters. The number of hydrogen-bond acceptors (Lipinski definition) is 5. The van der Waals surface area contributed by atoms with Gasteiger partial charge in [-0.2, -0.15) is 0 Å². The third-order valence-corrected chi connectivity index (χ3v) is 4.83. The minimum Gasteiger partial charge on any atom is -0.490 e. The van der Waals surface area contributed by atoms with Crippen LogP contribution >= 0.6 is 0 Å². The molecule has 0 N–H and O–H groups in total. The zero-order chi connectivity index (χ0) is 20.9. The SMILES string of the molecule is CCCCCCOc1cnc(-c2ccc(OC(=O)C(CCC)CCC)cc2)nc1. The van der Waals surface area contributed by atoms with Gasteiger partial charge in [0.2, 0.25) is 0 Å². The van der Waals surface area contributed by atoms with Crippen LogP contribution in [0.15, 0.2) is 36.7 Å². The van der Waals surface area contributed by atoms with Crippen molar-refractivity contribution in [3.63, 3.8) is 0 Å². The molecule has 0 spiro atoms. The number of rotatable bonds is 13. The first-order valence-electron chi connectivity index (χ1n) is 10.9. The summed E-state index contributed by atoms with van der Waals surface area (Å²) in [5, 5.41) is 0. The zero-order valence-corrected chi connectivity index (χ0v) is 18.0. The van der Waals surface area contributed by atoms with Gasteiger partial charge in [0.25, 0.3) is 0 Å². The maximum atomic E-state index is 12.4. The van der Waals surface area contributed by atoms with Crippen molar-refractivity contribution in [2.24, 2.45) is 5.92 Å². The quantitative estimate of drug-likeness (QED) is 0.227. The lowest BCUT2D eigenvalue weighted by Gasteiger charge is -2.14. The molecule has 0 saturated carbocycles. The summed E-state index contributed by atoms with van der Waals surface area (Å²) < 4.78 is 11.2. The Morgan fingerprint density at radius 1 is 0.862 bits per heavy atom. The fourth-order valence-corrected chi connectivity index (χ4v) is 3.21. The van der Waals surface area contributed by atoms with Crippen LogP contribution in [0, 0.1) is 5.92 Å². The van der Waals surface area contributed by atoms with Gasteiger partial charge >= 0.3 is 5.97 Å². The van der Waals surface area contributed by atoms with Crippen LogP contribution in [-0.2, 0) is 4.79 Å². The molecule has 0 aliphatic rings. The molecule has 1 heterocycles. The number of hydrogen-bond donors (Lipinski definition) is 0. The molecular weight excluding hydrogens is 364 g/mol. The first kappa shape index (κ1) is 22.9. The van der Waals surface area contributed by atoms with Crippen molar-refractivity contribution in [3.8, 4) is 22.9 Å². The minimum atomic E-state index is -0.141. The van der Waals surface area contributed by atoms with E-state index in [9.17, 15) is 4.79 Å². The van der Waals surface area contributed by atoms with Crippen LogP contribution in [0.2, 0.25) is 0 Å². The number of aromatic nitrogens is 2. The van der Waals surface area contributed by atoms with Crippen LogP contribution < -0.4 is 9.47 Å². The van der Waals surface area contributed by atoms with Gasteiger partial charge in [-0.1, -0.05) is 52.9 Å². The molecule has 0 aliphatic heterocycles. The molecular formula is C24H34N2O3. The highest BCUT2D eigenvalue weighted by Crippen LogP contribution is 2.23. The van der Waals surface area contributed by atoms with Crippen molar-refractivity contribution in [2.45, 2.75) is 72.1 Å². The fourth-order valence-electron chi connectivity index (χ4n) is 3.21. The molecule has 158 valence electrons. The van der Waals surface area contributed by atoms with E-state index in [0.29, 0.717) is 23.9 Å². The molecule has 0 radical (unpaired) electrons. The van der Waals surface area contributed by atoms with Crippen molar-refractivity contribution in [3.05, 3.63) is 36.7 Å². The van der Waals surface area contributed by atoms with E-state index in [1.54, 1.807) is 24.5 Å². The Morgan fingerprint density at radius 3 is 2.10 bits per heavy atom. The Morgan fingerprint density at radius 2 is 1.52 bits per heavy atom. The van der Waals surface area contributed by atoms with Gasteiger partial charge < -0.3 is 9.47 Å². The van der Waals surface area contributed by atoms with Gasteiger partial charge in [-0.05, 0) is 43.5 Å². The summed E-state index contributed by atoms with van der Waals surface area (Å²) in [5.74, 6) is 1.70. The van der Waals surface area contributed by atoms with E-state index in [1.807, 2.05) is 12.1 Å². The molecule has 0 atom stereocenters. The summed E-state index contributed by atoms with van der Waals surface area (Å²) in [6.07, 6.45) is 11.8. The molecule has 29 heavy (non-hydrogen) atoms. The van der Waals surface area contributed by atoms with Crippen LogP contribution in [0.4, 0.5) is 0 Å². The number of benzene rings is 1. The maximum Gasteiger partial charge on any atom is 0.314 e. The molecule has 0 fully saturated rings. The first-order valence-corrected chi connectivity index (χ1v) is 10.9. The van der Waals surface area contributed by atoms with Crippen LogP contribution in [0.5, 0.6) is 11.5 Å². The molecule has 0 aliphatic carbocycles. The van der Waals surface area contributed by atoms with E-state index < -0.39 is 0 Å². The van der Waals surface area contributed by atoms with Gasteiger partial charge in [-0.3, -0.25) is 4.79 Å². The Kier molecular flexibility index (Phi) is 10.2. The molecule has 2 aromatic rings. The third-order valence-electron chi connectivity index (χ3n) is 4.83. The van der Waals surface area contributed by atoms with Crippen LogP contribution in [-0.4, -0.2) is 22.5 Å². The van der Waals surface area contributed by atoms with Gasteiger partial charge in [0.15, 0.2) is 11.6 Å². The monoisotopic (exact) mass is 398 g/mol. The highest BCUT2D eigenvalue weighted by atomic mass is 16.5. The lowest BCUT2D eigenvalue weighted by molar-refractivity contribution is -0.139. The summed E-state index contributed by atoms with van der Waals surface area (Å²) in [6.45, 7) is 7.07. The molecule has 0 amide bonds. The van der Waals surface area contributed by atoms with Gasteiger partial charge in [0.1, 0.15) is 5.75 Å². The zero-order valence-electron chi connectivity index (χ0n) is 18.0. The molecule has 5 nitrogen and oxygen atoms in total. The first-order chi connectivity index (χ1) is 14.2. The number of carbonyl (C=O) groups excluding carboxylic acids is 1. The predicted octanol–water partition coefficient (Wildman–Crippen LogP) is 6.22. The van der Waals surface area contributed by atoms with Crippen molar-refractivity contribution in [1.82, 2.24) is 9.97 Å². The van der Waals surface area contributed by atoms with Crippen LogP contribution in [0.1, 0.15) is 72.1 Å². The van der Waals surface area contributed by atoms with Crippen molar-refractivity contribution >= 4 is 5.97 Å². The largest absolute Gasteiger partial charge is 0.490 e. The van der Waals surface area contributed by atoms with Crippen molar-refractivity contribution < 1.29 is 14.3 Å². The van der Waals surface area contributed by atoms with E-state index in [4.69, 9.17) is 9.47 Å². The van der Waals surface area contributed by atoms with E-state index >= 15 is 0 Å². The number of ether oxygens (including phenoxy) is 2. The number of unbranched alkanes of at least 4 members (excludes halogenated alkanes) is 3. The average Bonchev–Trinajstić information content (AvgIpc) is 2.74. The summed E-state index contributed by atoms with van der Waals surface area (Å²) in [6, 6.07) is 7.34. The fraction of sp³-hybridized carbons (Fsp3) is 0.542. The smallest absolute Gasteiger partial charge is 0.314 e. The van der Waals surface area contributed by atoms with Gasteiger partial charge in [0, 0.05) is 5.56 Å². The van der Waals surface area contributed by atoms with E-state index in [-0.39, 0.29) is 11.9 Å². The number of carbonyl (C=O) groups is 1. The predicted molar refractivity (Wildman–Crippen MR) is 116 cm³/mol. The van der Waals surface area contributed by atoms with E-state index in [1.165, 1.54) is 19.3 Å². The third kappa shape index (κ3) is 7.84. The lowest BCUT2D eigenvalue weighted by atomic mass is 9.99. The van der Waals surface area contributed by atoms with Crippen molar-refractivity contribution in [1.29, 1.82) is 0 Å². The second-order valence-corrected chi connectivity index (χ2v) is 7.37. The van der Waals surface area contributed by atoms with Crippen molar-refractivity contribution in [2.75, 3.05) is 6.61 Å². The second kappa shape index (κ2) is 12.9. The van der Waals surface area contributed by atoms with Gasteiger partial charge in [-0.15, -0.1) is 0 Å². The highest BCUT2D eigenvalue weighted by molar-refractivity contribution is 5.75. The Hall–Kier alpha value is -2.43. The van der Waals surface area contributed by atoms with E-state index in [2.05, 4.69) is 30.7 Å². The average molecular weight is 399 g/mol. The standard InChI is InChI=1S/C24H34N2O3/c1-4-7-8-9-16-28-22-17-25-23(26-18-22)19-12-14-21(15-13-19)29-24(27)20(10-5-2)11-6-3/h12-15,17-18,20H,4-11,16H2,1-3H3. The summed E-state index contributed by atoms with van der Waals surface area (Å²) >= 11 is 0. The highest BCUT2D eigenvalue weighted by Gasteiger charge is 2.18. The Balaban J connectivity index is 1.89. The maximum absolute atomic E-state index is 12.4. The molecule has 2 rings (SSSR count). The van der Waals surface area contributed by atoms with E-state index in [0.717, 1.165) is 37.7 Å². The molecule has 0 bridgehead atoms. The molecule has 1 aromatic carbocycles. The number of nitrogens with zero attached hydrogens (tertiary/aromatic N) is 2. The minimum absolute atomic E-state index is 0.0254. The van der Waals surface area contributed by atoms with Gasteiger partial charge in [0.05, 0.1) is 24.9 Å². The summed E-state index contributed by atoms with van der Waals surface area (Å²) in [7, 11) is 0. The number of esters is 1. The normalized spacial score (nSPS) is 10.9. The molecule has 5 heteroatoms. The van der Waals surface area contributed by atoms with Crippen LogP contribution in [0.3, 0.4) is 0 Å². The Labute approximate surface area is 174 Å². The summed E-state index contributed by atoms with van der Waals surface area (Å²) in [4.78, 5) is 21.1. The molecule has 1 aromatic heterocycles. The summed E-state index contributed by atoms with van der Waals surface area (Å²) in [5.41, 5.74) is 0.873. The lowest BCUT2D eigenvalue weighted by Crippen LogP contribution is -2.20. The van der Waals surface area contributed by atoms with Gasteiger partial charge in [-0.25, -0.2) is 9.97 Å². The molecule has 0 saturated heterocycles. The van der Waals surface area contributed by atoms with Crippen LogP contribution in [0.25, 0.3) is 11.4 Å². The second-order valence-electron chi connectivity index (χ2n) is 7.37. The topological polar surface area (TPSA) is 61.3 Å². The Bertz CT molecular complexity index is 708.